The lowest BCUT2D eigenvalue weighted by molar-refractivity contribution is 0.415. The van der Waals surface area contributed by atoms with Crippen LogP contribution in [-0.4, -0.2) is 18.8 Å². The number of ether oxygens (including phenoxy) is 2. The molecule has 0 saturated carbocycles. The molecule has 38 heavy (non-hydrogen) atoms. The third kappa shape index (κ3) is 3.21. The van der Waals surface area contributed by atoms with Gasteiger partial charge in [0.25, 0.3) is 0 Å². The molecule has 0 fully saturated rings. The van der Waals surface area contributed by atoms with Crippen LogP contribution in [0.4, 0.5) is 0 Å². The molecule has 5 aromatic carbocycles. The Labute approximate surface area is 222 Å². The standard InChI is InChI=1S/C35H29NO2/c1-35(2)30-7-5-6-8-33(30)36-32-18-13-24(22-9-14-26(37-3)15-10-22)19-28(32)29-20-25(21-31(35)34(29)36)23-11-16-27(38-4)17-12-23/h5-21H,1-4H3. The fourth-order valence-corrected chi connectivity index (χ4v) is 6.13. The van der Waals surface area contributed by atoms with E-state index in [-0.39, 0.29) is 5.41 Å². The van der Waals surface area contributed by atoms with Gasteiger partial charge in [0.1, 0.15) is 11.5 Å². The Balaban J connectivity index is 1.56. The number of benzene rings is 5. The molecule has 0 N–H and O–H groups in total. The van der Waals surface area contributed by atoms with E-state index >= 15 is 0 Å². The Bertz CT molecular complexity index is 1840. The molecule has 0 amide bonds. The predicted octanol–water partition coefficient (Wildman–Crippen LogP) is 8.77. The number of methoxy groups -OCH3 is 2. The highest BCUT2D eigenvalue weighted by Crippen LogP contribution is 2.49. The van der Waals surface area contributed by atoms with Gasteiger partial charge < -0.3 is 14.0 Å². The summed E-state index contributed by atoms with van der Waals surface area (Å²) < 4.78 is 13.3. The van der Waals surface area contributed by atoms with Gasteiger partial charge in [-0.3, -0.25) is 0 Å². The number of hydrogen-bond acceptors (Lipinski definition) is 2. The van der Waals surface area contributed by atoms with Gasteiger partial charge >= 0.3 is 0 Å². The number of aromatic nitrogens is 1. The highest BCUT2D eigenvalue weighted by Gasteiger charge is 2.35. The van der Waals surface area contributed by atoms with Crippen molar-refractivity contribution in [3.05, 3.63) is 114 Å². The SMILES string of the molecule is COc1ccc(-c2ccc3c(c2)c2cc(-c4ccc(OC)cc4)cc4c2n3-c2ccccc2C4(C)C)cc1. The van der Waals surface area contributed by atoms with E-state index in [0.29, 0.717) is 0 Å². The van der Waals surface area contributed by atoms with Gasteiger partial charge in [-0.1, -0.05) is 62.4 Å². The van der Waals surface area contributed by atoms with Crippen molar-refractivity contribution in [1.82, 2.24) is 4.57 Å². The summed E-state index contributed by atoms with van der Waals surface area (Å²) in [5.41, 5.74) is 11.1. The first-order valence-electron chi connectivity index (χ1n) is 13.0. The van der Waals surface area contributed by atoms with Crippen LogP contribution in [0.3, 0.4) is 0 Å². The molecule has 0 spiro atoms. The smallest absolute Gasteiger partial charge is 0.118 e. The highest BCUT2D eigenvalue weighted by molar-refractivity contribution is 6.13. The summed E-state index contributed by atoms with van der Waals surface area (Å²) in [6.45, 7) is 4.70. The maximum Gasteiger partial charge on any atom is 0.118 e. The van der Waals surface area contributed by atoms with Crippen molar-refractivity contribution in [3.63, 3.8) is 0 Å². The molecular formula is C35H29NO2. The third-order valence-electron chi connectivity index (χ3n) is 8.20. The van der Waals surface area contributed by atoms with Crippen molar-refractivity contribution >= 4 is 21.8 Å². The second-order valence-corrected chi connectivity index (χ2v) is 10.6. The van der Waals surface area contributed by atoms with Crippen LogP contribution in [0.15, 0.2) is 103 Å². The number of fused-ring (bicyclic) bond motifs is 5. The lowest BCUT2D eigenvalue weighted by atomic mass is 9.74. The van der Waals surface area contributed by atoms with E-state index in [2.05, 4.69) is 97.3 Å². The van der Waals surface area contributed by atoms with Crippen LogP contribution in [0.25, 0.3) is 49.7 Å². The topological polar surface area (TPSA) is 23.4 Å². The summed E-state index contributed by atoms with van der Waals surface area (Å²) in [6, 6.07) is 37.1. The largest absolute Gasteiger partial charge is 0.497 e. The van der Waals surface area contributed by atoms with Crippen LogP contribution in [0.1, 0.15) is 25.0 Å². The predicted molar refractivity (Wildman–Crippen MR) is 157 cm³/mol. The molecule has 186 valence electrons. The van der Waals surface area contributed by atoms with Crippen LogP contribution in [0.5, 0.6) is 11.5 Å². The van der Waals surface area contributed by atoms with E-state index in [1.165, 1.54) is 60.9 Å². The molecule has 6 aromatic rings. The lowest BCUT2D eigenvalue weighted by Crippen LogP contribution is -2.26. The summed E-state index contributed by atoms with van der Waals surface area (Å²) in [5, 5.41) is 2.54. The molecule has 0 atom stereocenters. The van der Waals surface area contributed by atoms with Gasteiger partial charge in [0, 0.05) is 16.2 Å². The monoisotopic (exact) mass is 495 g/mol. The fraction of sp³-hybridized carbons (Fsp3) is 0.143. The normalized spacial score (nSPS) is 13.5. The summed E-state index contributed by atoms with van der Waals surface area (Å²) >= 11 is 0. The van der Waals surface area contributed by atoms with Gasteiger partial charge in [-0.25, -0.2) is 0 Å². The van der Waals surface area contributed by atoms with Crippen molar-refractivity contribution in [2.75, 3.05) is 14.2 Å². The Morgan fingerprint density at radius 1 is 0.553 bits per heavy atom. The molecule has 0 radical (unpaired) electrons. The Kier molecular flexibility index (Phi) is 4.93. The number of hydrogen-bond donors (Lipinski definition) is 0. The van der Waals surface area contributed by atoms with Crippen molar-refractivity contribution in [2.24, 2.45) is 0 Å². The Morgan fingerprint density at radius 3 is 1.79 bits per heavy atom. The summed E-state index contributed by atoms with van der Waals surface area (Å²) in [4.78, 5) is 0. The van der Waals surface area contributed by atoms with Crippen LogP contribution in [-0.2, 0) is 5.41 Å². The Hall–Kier alpha value is -4.50. The molecule has 0 bridgehead atoms. The first kappa shape index (κ1) is 22.7. The molecule has 0 unspecified atom stereocenters. The van der Waals surface area contributed by atoms with Gasteiger partial charge in [0.2, 0.25) is 0 Å². The average Bonchev–Trinajstić information content (AvgIpc) is 3.30. The molecule has 1 aromatic heterocycles. The molecule has 3 heteroatoms. The van der Waals surface area contributed by atoms with E-state index in [9.17, 15) is 0 Å². The zero-order valence-electron chi connectivity index (χ0n) is 22.1. The molecule has 3 nitrogen and oxygen atoms in total. The summed E-state index contributed by atoms with van der Waals surface area (Å²) in [7, 11) is 3.41. The van der Waals surface area contributed by atoms with Gasteiger partial charge in [0.05, 0.1) is 30.9 Å². The zero-order valence-corrected chi connectivity index (χ0v) is 22.1. The van der Waals surface area contributed by atoms with Crippen molar-refractivity contribution in [3.8, 4) is 39.4 Å². The fourth-order valence-electron chi connectivity index (χ4n) is 6.13. The molecule has 1 aliphatic heterocycles. The second-order valence-electron chi connectivity index (χ2n) is 10.6. The van der Waals surface area contributed by atoms with Crippen molar-refractivity contribution < 1.29 is 9.47 Å². The maximum absolute atomic E-state index is 5.42. The van der Waals surface area contributed by atoms with Crippen LogP contribution in [0, 0.1) is 0 Å². The first-order valence-corrected chi connectivity index (χ1v) is 13.0. The van der Waals surface area contributed by atoms with E-state index in [1.807, 2.05) is 24.3 Å². The van der Waals surface area contributed by atoms with Crippen LogP contribution in [0.2, 0.25) is 0 Å². The molecule has 1 aliphatic rings. The number of nitrogens with zero attached hydrogens (tertiary/aromatic N) is 1. The third-order valence-corrected chi connectivity index (χ3v) is 8.20. The van der Waals surface area contributed by atoms with Gasteiger partial charge in [0.15, 0.2) is 0 Å². The molecule has 0 aliphatic carbocycles. The molecule has 0 saturated heterocycles. The minimum atomic E-state index is -0.138. The van der Waals surface area contributed by atoms with E-state index in [0.717, 1.165) is 11.5 Å². The van der Waals surface area contributed by atoms with Crippen LogP contribution >= 0.6 is 0 Å². The van der Waals surface area contributed by atoms with Crippen molar-refractivity contribution in [1.29, 1.82) is 0 Å². The minimum Gasteiger partial charge on any atom is -0.497 e. The maximum atomic E-state index is 5.42. The number of para-hydroxylation sites is 1. The number of rotatable bonds is 4. The molecule has 2 heterocycles. The molecular weight excluding hydrogens is 466 g/mol. The minimum absolute atomic E-state index is 0.138. The van der Waals surface area contributed by atoms with Crippen LogP contribution < -0.4 is 9.47 Å². The average molecular weight is 496 g/mol. The van der Waals surface area contributed by atoms with E-state index < -0.39 is 0 Å². The van der Waals surface area contributed by atoms with Gasteiger partial charge in [-0.05, 0) is 88.0 Å². The molecule has 7 rings (SSSR count). The zero-order chi connectivity index (χ0) is 26.0. The summed E-state index contributed by atoms with van der Waals surface area (Å²) in [6.07, 6.45) is 0. The van der Waals surface area contributed by atoms with Crippen molar-refractivity contribution in [2.45, 2.75) is 19.3 Å². The van der Waals surface area contributed by atoms with Gasteiger partial charge in [-0.15, -0.1) is 0 Å². The van der Waals surface area contributed by atoms with E-state index in [4.69, 9.17) is 9.47 Å². The lowest BCUT2D eigenvalue weighted by Gasteiger charge is -2.35. The van der Waals surface area contributed by atoms with Gasteiger partial charge in [-0.2, -0.15) is 0 Å². The summed E-state index contributed by atoms with van der Waals surface area (Å²) in [5.74, 6) is 1.73. The first-order chi connectivity index (χ1) is 18.5. The Morgan fingerprint density at radius 2 is 1.13 bits per heavy atom. The highest BCUT2D eigenvalue weighted by atomic mass is 16.5. The second kappa shape index (κ2) is 8.26. The van der Waals surface area contributed by atoms with E-state index in [1.54, 1.807) is 14.2 Å². The quantitative estimate of drug-likeness (QED) is 0.244.